The minimum Gasteiger partial charge on any atom is -0.476 e. The molecule has 1 aromatic rings. The molecule has 1 aromatic heterocycles. The molecule has 0 atom stereocenters. The van der Waals surface area contributed by atoms with Crippen LogP contribution < -0.4 is 0 Å². The minimum absolute atomic E-state index is 0.117. The molecule has 12 heavy (non-hydrogen) atoms. The number of rotatable bonds is 4. The highest BCUT2D eigenvalue weighted by atomic mass is 19.1. The molecule has 0 saturated carbocycles. The number of aromatic nitrogens is 3. The van der Waals surface area contributed by atoms with Gasteiger partial charge in [0.1, 0.15) is 0 Å². The van der Waals surface area contributed by atoms with Crippen LogP contribution in [0.1, 0.15) is 16.9 Å². The normalized spacial score (nSPS) is 10.1. The first-order valence-electron chi connectivity index (χ1n) is 3.43. The maximum Gasteiger partial charge on any atom is 0.358 e. The predicted molar refractivity (Wildman–Crippen MR) is 37.6 cm³/mol. The highest BCUT2D eigenvalue weighted by Gasteiger charge is 2.07. The second-order valence-corrected chi connectivity index (χ2v) is 2.21. The fourth-order valence-electron chi connectivity index (χ4n) is 0.727. The van der Waals surface area contributed by atoms with Crippen molar-refractivity contribution in [2.45, 2.75) is 13.0 Å². The van der Waals surface area contributed by atoms with Gasteiger partial charge in [-0.05, 0) is 6.42 Å². The number of aromatic carboxylic acids is 1. The average Bonchev–Trinajstić information content (AvgIpc) is 2.48. The first-order valence-corrected chi connectivity index (χ1v) is 3.43. The first-order chi connectivity index (χ1) is 5.74. The van der Waals surface area contributed by atoms with Gasteiger partial charge in [-0.2, -0.15) is 0 Å². The lowest BCUT2D eigenvalue weighted by atomic mass is 10.4. The van der Waals surface area contributed by atoms with E-state index in [0.29, 0.717) is 13.0 Å². The molecule has 1 heterocycles. The van der Waals surface area contributed by atoms with Gasteiger partial charge in [-0.3, -0.25) is 9.07 Å². The van der Waals surface area contributed by atoms with Gasteiger partial charge in [-0.1, -0.05) is 5.21 Å². The molecule has 0 fully saturated rings. The van der Waals surface area contributed by atoms with E-state index in [1.807, 2.05) is 0 Å². The van der Waals surface area contributed by atoms with Gasteiger partial charge in [-0.15, -0.1) is 5.10 Å². The van der Waals surface area contributed by atoms with Crippen LogP contribution in [0.2, 0.25) is 0 Å². The van der Waals surface area contributed by atoms with Crippen molar-refractivity contribution in [3.63, 3.8) is 0 Å². The van der Waals surface area contributed by atoms with E-state index in [-0.39, 0.29) is 5.69 Å². The van der Waals surface area contributed by atoms with Crippen LogP contribution in [0.15, 0.2) is 6.20 Å². The summed E-state index contributed by atoms with van der Waals surface area (Å²) in [5.41, 5.74) is -0.117. The van der Waals surface area contributed by atoms with Gasteiger partial charge in [0.05, 0.1) is 12.9 Å². The van der Waals surface area contributed by atoms with E-state index >= 15 is 0 Å². The number of aryl methyl sites for hydroxylation is 1. The molecule has 0 amide bonds. The van der Waals surface area contributed by atoms with Crippen molar-refractivity contribution < 1.29 is 14.3 Å². The zero-order chi connectivity index (χ0) is 8.97. The zero-order valence-corrected chi connectivity index (χ0v) is 6.27. The van der Waals surface area contributed by atoms with Crippen molar-refractivity contribution in [2.24, 2.45) is 0 Å². The molecule has 0 aromatic carbocycles. The lowest BCUT2D eigenvalue weighted by molar-refractivity contribution is 0.0690. The fraction of sp³-hybridized carbons (Fsp3) is 0.500. The standard InChI is InChI=1S/C6H8FN3O2/c7-2-1-3-10-4-5(6(11)12)8-9-10/h4H,1-3H2,(H,11,12). The van der Waals surface area contributed by atoms with Crippen LogP contribution in [0.25, 0.3) is 0 Å². The summed E-state index contributed by atoms with van der Waals surface area (Å²) in [7, 11) is 0. The molecule has 1 rings (SSSR count). The number of carboxylic acid groups (broad SMARTS) is 1. The molecule has 0 radical (unpaired) electrons. The Morgan fingerprint density at radius 1 is 1.75 bits per heavy atom. The van der Waals surface area contributed by atoms with Crippen molar-refractivity contribution in [3.8, 4) is 0 Å². The molecule has 1 N–H and O–H groups in total. The van der Waals surface area contributed by atoms with Crippen molar-refractivity contribution in [1.29, 1.82) is 0 Å². The molecule has 0 aliphatic heterocycles. The Balaban J connectivity index is 2.58. The summed E-state index contributed by atoms with van der Waals surface area (Å²) in [6, 6.07) is 0. The van der Waals surface area contributed by atoms with E-state index in [2.05, 4.69) is 10.3 Å². The average molecular weight is 173 g/mol. The van der Waals surface area contributed by atoms with Crippen LogP contribution in [0, 0.1) is 0 Å². The van der Waals surface area contributed by atoms with E-state index in [4.69, 9.17) is 5.11 Å². The predicted octanol–water partition coefficient (Wildman–Crippen LogP) is 0.336. The number of alkyl halides is 1. The molecule has 0 aliphatic carbocycles. The number of nitrogens with zero attached hydrogens (tertiary/aromatic N) is 3. The summed E-state index contributed by atoms with van der Waals surface area (Å²) in [5, 5.41) is 15.3. The molecule has 0 unspecified atom stereocenters. The molecular formula is C6H8FN3O2. The molecular weight excluding hydrogens is 165 g/mol. The van der Waals surface area contributed by atoms with E-state index < -0.39 is 12.6 Å². The monoisotopic (exact) mass is 173 g/mol. The fourth-order valence-corrected chi connectivity index (χ4v) is 0.727. The summed E-state index contributed by atoms with van der Waals surface area (Å²) >= 11 is 0. The summed E-state index contributed by atoms with van der Waals surface area (Å²) in [6.07, 6.45) is 1.60. The summed E-state index contributed by atoms with van der Waals surface area (Å²) in [6.45, 7) is -0.0843. The van der Waals surface area contributed by atoms with Crippen molar-refractivity contribution in [2.75, 3.05) is 6.67 Å². The van der Waals surface area contributed by atoms with Gasteiger partial charge in [-0.25, -0.2) is 4.79 Å². The second kappa shape index (κ2) is 3.80. The quantitative estimate of drug-likeness (QED) is 0.712. The van der Waals surface area contributed by atoms with Crippen LogP contribution in [-0.4, -0.2) is 32.7 Å². The molecule has 0 aliphatic rings. The minimum atomic E-state index is -1.12. The number of hydrogen-bond donors (Lipinski definition) is 1. The second-order valence-electron chi connectivity index (χ2n) is 2.21. The SMILES string of the molecule is O=C(O)c1cn(CCCF)nn1. The molecule has 0 saturated heterocycles. The summed E-state index contributed by atoms with van der Waals surface area (Å²) < 4.78 is 13.0. The molecule has 5 nitrogen and oxygen atoms in total. The van der Waals surface area contributed by atoms with Gasteiger partial charge in [0.25, 0.3) is 0 Å². The van der Waals surface area contributed by atoms with Crippen molar-refractivity contribution in [1.82, 2.24) is 15.0 Å². The lowest BCUT2D eigenvalue weighted by Crippen LogP contribution is -1.99. The number of carboxylic acids is 1. The maximum atomic E-state index is 11.7. The van der Waals surface area contributed by atoms with Gasteiger partial charge >= 0.3 is 5.97 Å². The van der Waals surface area contributed by atoms with Crippen molar-refractivity contribution in [3.05, 3.63) is 11.9 Å². The van der Waals surface area contributed by atoms with Crippen LogP contribution in [0.5, 0.6) is 0 Å². The van der Waals surface area contributed by atoms with Gasteiger partial charge in [0, 0.05) is 6.54 Å². The first kappa shape index (κ1) is 8.63. The van der Waals surface area contributed by atoms with Crippen LogP contribution >= 0.6 is 0 Å². The van der Waals surface area contributed by atoms with Gasteiger partial charge < -0.3 is 5.11 Å². The largest absolute Gasteiger partial charge is 0.476 e. The number of carbonyl (C=O) groups is 1. The Hall–Kier alpha value is -1.46. The van der Waals surface area contributed by atoms with Crippen LogP contribution in [-0.2, 0) is 6.54 Å². The highest BCUT2D eigenvalue weighted by Crippen LogP contribution is 1.94. The number of hydrogen-bond acceptors (Lipinski definition) is 3. The smallest absolute Gasteiger partial charge is 0.358 e. The Morgan fingerprint density at radius 3 is 3.00 bits per heavy atom. The molecule has 6 heteroatoms. The van der Waals surface area contributed by atoms with Crippen LogP contribution in [0.3, 0.4) is 0 Å². The van der Waals surface area contributed by atoms with E-state index in [1.165, 1.54) is 10.9 Å². The summed E-state index contributed by atoms with van der Waals surface area (Å²) in [5.74, 6) is -1.12. The van der Waals surface area contributed by atoms with E-state index in [0.717, 1.165) is 0 Å². The topological polar surface area (TPSA) is 68.0 Å². The number of halogens is 1. The van der Waals surface area contributed by atoms with Crippen LogP contribution in [0.4, 0.5) is 4.39 Å². The highest BCUT2D eigenvalue weighted by molar-refractivity contribution is 5.84. The molecule has 0 spiro atoms. The Kier molecular flexibility index (Phi) is 2.73. The van der Waals surface area contributed by atoms with Gasteiger partial charge in [0.15, 0.2) is 5.69 Å². The van der Waals surface area contributed by atoms with Gasteiger partial charge in [0.2, 0.25) is 0 Å². The Morgan fingerprint density at radius 2 is 2.50 bits per heavy atom. The maximum absolute atomic E-state index is 11.7. The van der Waals surface area contributed by atoms with E-state index in [9.17, 15) is 9.18 Å². The Bertz CT molecular complexity index is 274. The van der Waals surface area contributed by atoms with E-state index in [1.54, 1.807) is 0 Å². The molecule has 0 bridgehead atoms. The third kappa shape index (κ3) is 2.01. The lowest BCUT2D eigenvalue weighted by Gasteiger charge is -1.93. The zero-order valence-electron chi connectivity index (χ0n) is 6.27. The summed E-state index contributed by atoms with van der Waals surface area (Å²) in [4.78, 5) is 10.3. The Labute approximate surface area is 67.8 Å². The van der Waals surface area contributed by atoms with Crippen molar-refractivity contribution >= 4 is 5.97 Å². The molecule has 66 valence electrons. The third-order valence-electron chi connectivity index (χ3n) is 1.28. The third-order valence-corrected chi connectivity index (χ3v) is 1.28.